The molecule has 206 valence electrons. The van der Waals surface area contributed by atoms with Gasteiger partial charge in [0.2, 0.25) is 0 Å². The molecule has 0 aliphatic heterocycles. The summed E-state index contributed by atoms with van der Waals surface area (Å²) in [4.78, 5) is 0. The van der Waals surface area contributed by atoms with Gasteiger partial charge in [0.15, 0.2) is 0 Å². The molecule has 40 heavy (non-hydrogen) atoms. The van der Waals surface area contributed by atoms with E-state index in [2.05, 4.69) is 90.6 Å². The summed E-state index contributed by atoms with van der Waals surface area (Å²) in [7, 11) is 3.39. The number of nitrogens with zero attached hydrogens (tertiary/aromatic N) is 1. The van der Waals surface area contributed by atoms with Crippen molar-refractivity contribution < 1.29 is 9.47 Å². The Bertz CT molecular complexity index is 1550. The third kappa shape index (κ3) is 5.86. The number of nitrogens with one attached hydrogen (secondary N) is 1. The lowest BCUT2D eigenvalue weighted by Crippen LogP contribution is -1.98. The van der Waals surface area contributed by atoms with E-state index in [1.807, 2.05) is 24.3 Å². The number of rotatable bonds is 12. The van der Waals surface area contributed by atoms with Crippen LogP contribution in [0.1, 0.15) is 56.2 Å². The molecule has 1 aromatic heterocycles. The first-order chi connectivity index (χ1) is 19.6. The summed E-state index contributed by atoms with van der Waals surface area (Å²) in [5.74, 6) is 1.68. The van der Waals surface area contributed by atoms with Crippen LogP contribution in [-0.4, -0.2) is 18.8 Å². The standard InChI is InChI=1S/C36H40N2O2/c1-5-7-9-26-10-20-35-32(23-26)33-24-29(15-21-36(33)38(35)22-8-6-2)37-25-34(27-11-16-30(39-3)17-12-27)28-13-18-31(40-4)19-14-28/h10-21,23-25,37H,5-9,22H2,1-4H3. The summed E-state index contributed by atoms with van der Waals surface area (Å²) < 4.78 is 13.3. The van der Waals surface area contributed by atoms with Gasteiger partial charge in [0.25, 0.3) is 0 Å². The second-order valence-electron chi connectivity index (χ2n) is 10.4. The van der Waals surface area contributed by atoms with Gasteiger partial charge in [-0.1, -0.05) is 57.0 Å². The van der Waals surface area contributed by atoms with Gasteiger partial charge in [0.1, 0.15) is 11.5 Å². The van der Waals surface area contributed by atoms with Gasteiger partial charge < -0.3 is 19.4 Å². The Hall–Kier alpha value is -4.18. The van der Waals surface area contributed by atoms with Crippen molar-refractivity contribution in [3.8, 4) is 11.5 Å². The largest absolute Gasteiger partial charge is 0.497 e. The molecule has 5 aromatic rings. The molecule has 5 rings (SSSR count). The third-order valence-corrected chi connectivity index (χ3v) is 7.67. The molecule has 0 spiro atoms. The number of aromatic nitrogens is 1. The summed E-state index contributed by atoms with van der Waals surface area (Å²) in [6.45, 7) is 5.55. The monoisotopic (exact) mass is 532 g/mol. The molecule has 0 amide bonds. The summed E-state index contributed by atoms with van der Waals surface area (Å²) in [5.41, 5.74) is 8.43. The number of benzene rings is 4. The average Bonchev–Trinajstić information content (AvgIpc) is 3.31. The average molecular weight is 533 g/mol. The molecule has 4 aromatic carbocycles. The molecule has 0 atom stereocenters. The van der Waals surface area contributed by atoms with Crippen molar-refractivity contribution in [2.75, 3.05) is 19.5 Å². The summed E-state index contributed by atoms with van der Waals surface area (Å²) in [6, 6.07) is 30.2. The molecule has 1 N–H and O–H groups in total. The normalized spacial score (nSPS) is 11.1. The van der Waals surface area contributed by atoms with Gasteiger partial charge >= 0.3 is 0 Å². The van der Waals surface area contributed by atoms with Crippen LogP contribution in [0.3, 0.4) is 0 Å². The molecular formula is C36H40N2O2. The topological polar surface area (TPSA) is 35.4 Å². The van der Waals surface area contributed by atoms with E-state index in [1.54, 1.807) is 14.2 Å². The fourth-order valence-corrected chi connectivity index (χ4v) is 5.36. The number of methoxy groups -OCH3 is 2. The van der Waals surface area contributed by atoms with Crippen LogP contribution in [0.4, 0.5) is 5.69 Å². The Morgan fingerprint density at radius 3 is 1.85 bits per heavy atom. The lowest BCUT2D eigenvalue weighted by atomic mass is 9.98. The van der Waals surface area contributed by atoms with Gasteiger partial charge in [-0.3, -0.25) is 0 Å². The molecule has 0 bridgehead atoms. The minimum absolute atomic E-state index is 0.842. The van der Waals surface area contributed by atoms with E-state index in [4.69, 9.17) is 9.47 Å². The minimum atomic E-state index is 0.842. The van der Waals surface area contributed by atoms with Crippen LogP contribution in [0.2, 0.25) is 0 Å². The Morgan fingerprint density at radius 2 is 1.27 bits per heavy atom. The number of unbranched alkanes of at least 4 members (excludes halogenated alkanes) is 2. The number of hydrogen-bond acceptors (Lipinski definition) is 3. The molecule has 0 unspecified atom stereocenters. The Morgan fingerprint density at radius 1 is 0.700 bits per heavy atom. The van der Waals surface area contributed by atoms with Gasteiger partial charge in [-0.25, -0.2) is 0 Å². The highest BCUT2D eigenvalue weighted by molar-refractivity contribution is 6.09. The third-order valence-electron chi connectivity index (χ3n) is 7.67. The van der Waals surface area contributed by atoms with Crippen LogP contribution >= 0.6 is 0 Å². The zero-order chi connectivity index (χ0) is 27.9. The first kappa shape index (κ1) is 27.4. The fraction of sp³-hybridized carbons (Fsp3) is 0.278. The highest BCUT2D eigenvalue weighted by atomic mass is 16.5. The molecule has 0 fully saturated rings. The molecule has 0 saturated carbocycles. The van der Waals surface area contributed by atoms with E-state index in [1.165, 1.54) is 53.1 Å². The van der Waals surface area contributed by atoms with Crippen LogP contribution in [0.25, 0.3) is 27.4 Å². The number of fused-ring (bicyclic) bond motifs is 3. The molecule has 4 heteroatoms. The molecule has 0 radical (unpaired) electrons. The van der Waals surface area contributed by atoms with Gasteiger partial charge in [0, 0.05) is 45.8 Å². The van der Waals surface area contributed by atoms with Gasteiger partial charge in [-0.15, -0.1) is 0 Å². The van der Waals surface area contributed by atoms with Gasteiger partial charge in [-0.2, -0.15) is 0 Å². The van der Waals surface area contributed by atoms with Crippen molar-refractivity contribution in [3.05, 3.63) is 108 Å². The van der Waals surface area contributed by atoms with Crippen LogP contribution in [-0.2, 0) is 13.0 Å². The first-order valence-electron chi connectivity index (χ1n) is 14.5. The number of hydrogen-bond donors (Lipinski definition) is 1. The first-order valence-corrected chi connectivity index (χ1v) is 14.5. The van der Waals surface area contributed by atoms with Gasteiger partial charge in [0.05, 0.1) is 14.2 Å². The second kappa shape index (κ2) is 12.8. The molecule has 1 heterocycles. The molecular weight excluding hydrogens is 492 g/mol. The van der Waals surface area contributed by atoms with Crippen LogP contribution in [0.5, 0.6) is 11.5 Å². The molecule has 4 nitrogen and oxygen atoms in total. The lowest BCUT2D eigenvalue weighted by Gasteiger charge is -2.12. The Balaban J connectivity index is 1.56. The lowest BCUT2D eigenvalue weighted by molar-refractivity contribution is 0.414. The zero-order valence-corrected chi connectivity index (χ0v) is 24.2. The predicted molar refractivity (Wildman–Crippen MR) is 170 cm³/mol. The summed E-state index contributed by atoms with van der Waals surface area (Å²) in [6.07, 6.45) is 8.01. The number of aryl methyl sites for hydroxylation is 2. The van der Waals surface area contributed by atoms with Crippen molar-refractivity contribution in [2.24, 2.45) is 0 Å². The second-order valence-corrected chi connectivity index (χ2v) is 10.4. The van der Waals surface area contributed by atoms with E-state index in [0.717, 1.165) is 46.9 Å². The Kier molecular flexibility index (Phi) is 8.75. The smallest absolute Gasteiger partial charge is 0.118 e. The van der Waals surface area contributed by atoms with E-state index in [9.17, 15) is 0 Å². The highest BCUT2D eigenvalue weighted by Crippen LogP contribution is 2.33. The van der Waals surface area contributed by atoms with Crippen molar-refractivity contribution in [1.82, 2.24) is 4.57 Å². The van der Waals surface area contributed by atoms with E-state index < -0.39 is 0 Å². The van der Waals surface area contributed by atoms with E-state index >= 15 is 0 Å². The van der Waals surface area contributed by atoms with Crippen LogP contribution in [0.15, 0.2) is 91.1 Å². The number of ether oxygens (including phenoxy) is 2. The van der Waals surface area contributed by atoms with Crippen molar-refractivity contribution in [1.29, 1.82) is 0 Å². The van der Waals surface area contributed by atoms with Crippen LogP contribution < -0.4 is 14.8 Å². The molecule has 0 aliphatic rings. The quantitative estimate of drug-likeness (QED) is 0.174. The maximum Gasteiger partial charge on any atom is 0.118 e. The maximum atomic E-state index is 5.39. The fourth-order valence-electron chi connectivity index (χ4n) is 5.36. The molecule has 0 aliphatic carbocycles. The molecule has 0 saturated heterocycles. The highest BCUT2D eigenvalue weighted by Gasteiger charge is 2.13. The van der Waals surface area contributed by atoms with E-state index in [-0.39, 0.29) is 0 Å². The minimum Gasteiger partial charge on any atom is -0.497 e. The van der Waals surface area contributed by atoms with E-state index in [0.29, 0.717) is 0 Å². The SMILES string of the molecule is CCCCc1ccc2c(c1)c1cc(NC=C(c3ccc(OC)cc3)c3ccc(OC)cc3)ccc1n2CCCC. The van der Waals surface area contributed by atoms with Gasteiger partial charge in [-0.05, 0) is 90.6 Å². The summed E-state index contributed by atoms with van der Waals surface area (Å²) in [5, 5.41) is 6.27. The van der Waals surface area contributed by atoms with Crippen molar-refractivity contribution >= 4 is 33.1 Å². The maximum absolute atomic E-state index is 5.39. The predicted octanol–water partition coefficient (Wildman–Crippen LogP) is 9.46. The zero-order valence-electron chi connectivity index (χ0n) is 24.2. The Labute approximate surface area is 238 Å². The van der Waals surface area contributed by atoms with Crippen molar-refractivity contribution in [3.63, 3.8) is 0 Å². The van der Waals surface area contributed by atoms with Crippen LogP contribution in [0, 0.1) is 0 Å². The van der Waals surface area contributed by atoms with Crippen molar-refractivity contribution in [2.45, 2.75) is 52.5 Å². The number of anilines is 1. The summed E-state index contributed by atoms with van der Waals surface area (Å²) >= 11 is 0.